The van der Waals surface area contributed by atoms with E-state index in [1.165, 1.54) is 6.42 Å². The molecule has 0 saturated heterocycles. The van der Waals surface area contributed by atoms with Crippen molar-refractivity contribution >= 4 is 22.0 Å². The molecule has 180 valence electrons. The Balaban J connectivity index is 1.44. The lowest BCUT2D eigenvalue weighted by Crippen LogP contribution is -2.47. The van der Waals surface area contributed by atoms with Gasteiger partial charge in [-0.3, -0.25) is 0 Å². The Labute approximate surface area is 208 Å². The van der Waals surface area contributed by atoms with Crippen LogP contribution in [0.15, 0.2) is 53.0 Å². The van der Waals surface area contributed by atoms with Crippen LogP contribution in [0.1, 0.15) is 73.7 Å². The Hall–Kier alpha value is -2.78. The summed E-state index contributed by atoms with van der Waals surface area (Å²) >= 11 is 3.46. The molecule has 3 N–H and O–H groups in total. The average molecular weight is 527 g/mol. The van der Waals surface area contributed by atoms with Gasteiger partial charge in [0.25, 0.3) is 0 Å². The molecule has 0 spiro atoms. The number of urea groups is 1. The minimum absolute atomic E-state index is 0.0384. The monoisotopic (exact) mass is 526 g/mol. The molecule has 0 bridgehead atoms. The fourth-order valence-electron chi connectivity index (χ4n) is 4.46. The molecular formula is C25H31BrN6O2. The van der Waals surface area contributed by atoms with Crippen LogP contribution in [0.4, 0.5) is 4.79 Å². The predicted molar refractivity (Wildman–Crippen MR) is 133 cm³/mol. The van der Waals surface area contributed by atoms with Crippen molar-refractivity contribution in [3.63, 3.8) is 0 Å². The third-order valence-electron chi connectivity index (χ3n) is 6.47. The van der Waals surface area contributed by atoms with E-state index in [1.807, 2.05) is 60.4 Å². The second kappa shape index (κ2) is 11.6. The van der Waals surface area contributed by atoms with Gasteiger partial charge < -0.3 is 15.3 Å². The number of nitrogens with one attached hydrogen (secondary N) is 2. The van der Waals surface area contributed by atoms with Gasteiger partial charge in [-0.1, -0.05) is 76.8 Å². The van der Waals surface area contributed by atoms with E-state index in [1.54, 1.807) is 0 Å². The fraction of sp³-hybridized carbons (Fsp3) is 0.440. The van der Waals surface area contributed by atoms with Crippen molar-refractivity contribution in [2.75, 3.05) is 0 Å². The van der Waals surface area contributed by atoms with Crippen molar-refractivity contribution in [2.24, 2.45) is 0 Å². The molecule has 4 rings (SSSR count). The summed E-state index contributed by atoms with van der Waals surface area (Å²) in [5.41, 5.74) is 2.89. The van der Waals surface area contributed by atoms with Crippen LogP contribution in [-0.4, -0.2) is 42.7 Å². The molecular weight excluding hydrogens is 496 g/mol. The highest BCUT2D eigenvalue weighted by Crippen LogP contribution is 2.26. The number of carbonyl (C=O) groups excluding carboxylic acids is 1. The van der Waals surface area contributed by atoms with E-state index in [0.29, 0.717) is 18.8 Å². The number of aromatic amines is 1. The molecule has 2 atom stereocenters. The van der Waals surface area contributed by atoms with Crippen LogP contribution in [0.5, 0.6) is 0 Å². The first-order valence-corrected chi connectivity index (χ1v) is 12.6. The lowest BCUT2D eigenvalue weighted by molar-refractivity contribution is 0.148. The Morgan fingerprint density at radius 3 is 2.44 bits per heavy atom. The summed E-state index contributed by atoms with van der Waals surface area (Å²) in [5, 5.41) is 27.4. The summed E-state index contributed by atoms with van der Waals surface area (Å²) in [6.45, 7) is 2.55. The number of carbonyl (C=O) groups is 1. The first-order valence-electron chi connectivity index (χ1n) is 11.8. The maximum absolute atomic E-state index is 13.4. The summed E-state index contributed by atoms with van der Waals surface area (Å²) in [6.07, 6.45) is 5.17. The number of H-pyrrole nitrogens is 1. The number of nitrogens with zero attached hydrogens (tertiary/aromatic N) is 4. The van der Waals surface area contributed by atoms with E-state index >= 15 is 0 Å². The van der Waals surface area contributed by atoms with E-state index in [2.05, 4.69) is 41.9 Å². The van der Waals surface area contributed by atoms with Gasteiger partial charge in [-0.25, -0.2) is 4.79 Å². The maximum atomic E-state index is 13.4. The van der Waals surface area contributed by atoms with Gasteiger partial charge in [0.05, 0.1) is 12.1 Å². The highest BCUT2D eigenvalue weighted by molar-refractivity contribution is 9.10. The molecule has 1 aromatic heterocycles. The van der Waals surface area contributed by atoms with Crippen molar-refractivity contribution in [3.05, 3.63) is 75.5 Å². The number of halogens is 1. The summed E-state index contributed by atoms with van der Waals surface area (Å²) in [5.74, 6) is 0.469. The molecule has 0 radical (unpaired) electrons. The van der Waals surface area contributed by atoms with Crippen LogP contribution < -0.4 is 5.32 Å². The highest BCUT2D eigenvalue weighted by Gasteiger charge is 2.27. The van der Waals surface area contributed by atoms with Gasteiger partial charge in [0.1, 0.15) is 0 Å². The van der Waals surface area contributed by atoms with Crippen molar-refractivity contribution in [1.82, 2.24) is 30.8 Å². The zero-order valence-corrected chi connectivity index (χ0v) is 20.9. The molecule has 8 nitrogen and oxygen atoms in total. The standard InChI is InChI=1S/C25H31BrN6O2/c1-17(19-11-13-21(26)14-12-19)27-25(34)32(22-5-3-2-4-6-22)16-18-7-9-20(10-8-18)23(33)15-24-28-30-31-29-24/h7-14,17,22-23,33H,2-6,15-16H2,1H3,(H,27,34)(H,28,29,30,31)/t17-,23+/m1/s1. The zero-order chi connectivity index (χ0) is 23.9. The van der Waals surface area contributed by atoms with Crippen molar-refractivity contribution < 1.29 is 9.90 Å². The normalized spacial score (nSPS) is 16.1. The number of benzene rings is 2. The van der Waals surface area contributed by atoms with Gasteiger partial charge in [0.15, 0.2) is 5.82 Å². The smallest absolute Gasteiger partial charge is 0.318 e. The first kappa shape index (κ1) is 24.3. The summed E-state index contributed by atoms with van der Waals surface area (Å²) < 4.78 is 1.02. The van der Waals surface area contributed by atoms with Crippen molar-refractivity contribution in [1.29, 1.82) is 0 Å². The van der Waals surface area contributed by atoms with Crippen LogP contribution >= 0.6 is 15.9 Å². The van der Waals surface area contributed by atoms with Crippen LogP contribution in [0, 0.1) is 0 Å². The second-order valence-corrected chi connectivity index (χ2v) is 9.85. The molecule has 1 saturated carbocycles. The third-order valence-corrected chi connectivity index (χ3v) is 7.00. The second-order valence-electron chi connectivity index (χ2n) is 8.93. The predicted octanol–water partition coefficient (Wildman–Crippen LogP) is 4.84. The molecule has 3 aromatic rings. The quantitative estimate of drug-likeness (QED) is 0.389. The SMILES string of the molecule is C[C@@H](NC(=O)N(Cc1ccc([C@@H](O)Cc2nn[nH]n2)cc1)C1CCCCC1)c1ccc(Br)cc1. The lowest BCUT2D eigenvalue weighted by atomic mass is 9.94. The number of tetrazole rings is 1. The van der Waals surface area contributed by atoms with E-state index in [4.69, 9.17) is 0 Å². The largest absolute Gasteiger partial charge is 0.388 e. The van der Waals surface area contributed by atoms with Crippen LogP contribution in [-0.2, 0) is 13.0 Å². The molecule has 1 fully saturated rings. The number of rotatable bonds is 8. The molecule has 34 heavy (non-hydrogen) atoms. The number of aliphatic hydroxyl groups is 1. The first-order chi connectivity index (χ1) is 16.5. The van der Waals surface area contributed by atoms with Gasteiger partial charge in [-0.05, 0) is 48.6 Å². The van der Waals surface area contributed by atoms with Gasteiger partial charge in [0.2, 0.25) is 0 Å². The zero-order valence-electron chi connectivity index (χ0n) is 19.3. The fourth-order valence-corrected chi connectivity index (χ4v) is 4.73. The lowest BCUT2D eigenvalue weighted by Gasteiger charge is -2.35. The van der Waals surface area contributed by atoms with Crippen LogP contribution in [0.2, 0.25) is 0 Å². The Morgan fingerprint density at radius 2 is 1.79 bits per heavy atom. The molecule has 1 aliphatic rings. The number of hydrogen-bond acceptors (Lipinski definition) is 5. The minimum Gasteiger partial charge on any atom is -0.388 e. The third kappa shape index (κ3) is 6.42. The summed E-state index contributed by atoms with van der Waals surface area (Å²) in [4.78, 5) is 15.4. The Morgan fingerprint density at radius 1 is 1.12 bits per heavy atom. The van der Waals surface area contributed by atoms with E-state index < -0.39 is 6.10 Å². The maximum Gasteiger partial charge on any atom is 0.318 e. The van der Waals surface area contributed by atoms with Gasteiger partial charge in [-0.15, -0.1) is 10.2 Å². The van der Waals surface area contributed by atoms with Gasteiger partial charge >= 0.3 is 6.03 Å². The Bertz CT molecular complexity index is 1040. The minimum atomic E-state index is -0.712. The van der Waals surface area contributed by atoms with E-state index in [9.17, 15) is 9.90 Å². The molecule has 2 amide bonds. The average Bonchev–Trinajstić information content (AvgIpc) is 3.36. The molecule has 0 unspecified atom stereocenters. The van der Waals surface area contributed by atoms with Crippen molar-refractivity contribution in [2.45, 2.75) is 70.2 Å². The molecule has 0 aliphatic heterocycles. The van der Waals surface area contributed by atoms with E-state index in [-0.39, 0.29) is 18.1 Å². The van der Waals surface area contributed by atoms with Crippen molar-refractivity contribution in [3.8, 4) is 0 Å². The number of amides is 2. The molecule has 1 aliphatic carbocycles. The summed E-state index contributed by atoms with van der Waals surface area (Å²) in [7, 11) is 0. The molecule has 9 heteroatoms. The molecule has 1 heterocycles. The number of aromatic nitrogens is 4. The summed E-state index contributed by atoms with van der Waals surface area (Å²) in [6, 6.07) is 15.9. The van der Waals surface area contributed by atoms with E-state index in [0.717, 1.165) is 46.8 Å². The Kier molecular flexibility index (Phi) is 8.29. The van der Waals surface area contributed by atoms with Gasteiger partial charge in [0, 0.05) is 23.5 Å². The molecule has 2 aromatic carbocycles. The van der Waals surface area contributed by atoms with Crippen LogP contribution in [0.25, 0.3) is 0 Å². The topological polar surface area (TPSA) is 107 Å². The number of hydrogen-bond donors (Lipinski definition) is 3. The van der Waals surface area contributed by atoms with Gasteiger partial charge in [-0.2, -0.15) is 5.21 Å². The van der Waals surface area contributed by atoms with Crippen LogP contribution in [0.3, 0.4) is 0 Å². The number of aliphatic hydroxyl groups excluding tert-OH is 1. The highest BCUT2D eigenvalue weighted by atomic mass is 79.9.